The average molecular weight is 282 g/mol. The van der Waals surface area contributed by atoms with Crippen molar-refractivity contribution >= 4 is 39.9 Å². The van der Waals surface area contributed by atoms with E-state index in [1.165, 1.54) is 5.48 Å². The molecule has 0 saturated carbocycles. The minimum atomic E-state index is -1.39. The fourth-order valence-electron chi connectivity index (χ4n) is 1.04. The molecule has 88 valence electrons. The average Bonchev–Trinajstić information content (AvgIpc) is 2.23. The predicted molar refractivity (Wildman–Crippen MR) is 63.1 cm³/mol. The van der Waals surface area contributed by atoms with Crippen molar-refractivity contribution in [3.63, 3.8) is 0 Å². The van der Waals surface area contributed by atoms with Gasteiger partial charge >= 0.3 is 0 Å². The van der Waals surface area contributed by atoms with Crippen LogP contribution in [0.25, 0.3) is 0 Å². The van der Waals surface area contributed by atoms with Crippen molar-refractivity contribution in [2.24, 2.45) is 0 Å². The van der Waals surface area contributed by atoms with Crippen LogP contribution in [0.5, 0.6) is 0 Å². The van der Waals surface area contributed by atoms with Gasteiger partial charge in [-0.3, -0.25) is 14.2 Å². The van der Waals surface area contributed by atoms with Crippen LogP contribution in [0, 0.1) is 0 Å². The van der Waals surface area contributed by atoms with Crippen molar-refractivity contribution in [1.82, 2.24) is 5.48 Å². The maximum Gasteiger partial charge on any atom is 0.255 e. The maximum absolute atomic E-state index is 11.4. The molecule has 1 rings (SSSR count). The van der Waals surface area contributed by atoms with E-state index in [4.69, 9.17) is 28.4 Å². The molecular weight excluding hydrogens is 273 g/mol. The second kappa shape index (κ2) is 6.20. The lowest BCUT2D eigenvalue weighted by molar-refractivity contribution is -0.126. The first kappa shape index (κ1) is 13.4. The maximum atomic E-state index is 11.4. The van der Waals surface area contributed by atoms with Crippen LogP contribution >= 0.6 is 23.2 Å². The number of amides is 1. The van der Waals surface area contributed by atoms with E-state index in [2.05, 4.69) is 0 Å². The van der Waals surface area contributed by atoms with Gasteiger partial charge in [-0.25, -0.2) is 5.48 Å². The summed E-state index contributed by atoms with van der Waals surface area (Å²) in [5.74, 6) is -0.750. The molecule has 1 amide bonds. The van der Waals surface area contributed by atoms with Crippen molar-refractivity contribution in [1.29, 1.82) is 0 Å². The molecule has 0 spiro atoms. The third kappa shape index (κ3) is 4.09. The molecule has 0 bridgehead atoms. The zero-order valence-corrected chi connectivity index (χ0v) is 10.4. The molecule has 2 N–H and O–H groups in total. The fourth-order valence-corrected chi connectivity index (χ4v) is 2.38. The highest BCUT2D eigenvalue weighted by Crippen LogP contribution is 2.23. The number of hydroxylamine groups is 1. The fraction of sp³-hybridized carbons (Fsp3) is 0.222. The second-order valence-corrected chi connectivity index (χ2v) is 5.28. The monoisotopic (exact) mass is 281 g/mol. The Morgan fingerprint density at radius 2 is 2.06 bits per heavy atom. The van der Waals surface area contributed by atoms with Gasteiger partial charge in [0.2, 0.25) is 0 Å². The van der Waals surface area contributed by atoms with Crippen LogP contribution in [0.3, 0.4) is 0 Å². The molecule has 0 saturated heterocycles. The third-order valence-electron chi connectivity index (χ3n) is 1.73. The highest BCUT2D eigenvalue weighted by atomic mass is 35.5. The van der Waals surface area contributed by atoms with Crippen molar-refractivity contribution in [3.05, 3.63) is 33.8 Å². The first-order valence-electron chi connectivity index (χ1n) is 4.24. The molecule has 0 aliphatic heterocycles. The van der Waals surface area contributed by atoms with Crippen LogP contribution in [-0.4, -0.2) is 21.1 Å². The molecule has 0 aliphatic carbocycles. The van der Waals surface area contributed by atoms with Gasteiger partial charge in [0, 0.05) is 16.6 Å². The summed E-state index contributed by atoms with van der Waals surface area (Å²) in [6.45, 7) is 0. The van der Waals surface area contributed by atoms with Gasteiger partial charge in [0.25, 0.3) is 5.91 Å². The molecule has 0 heterocycles. The molecular formula is C9H9Cl2NO3S. The van der Waals surface area contributed by atoms with Crippen LogP contribution in [0.15, 0.2) is 18.2 Å². The summed E-state index contributed by atoms with van der Waals surface area (Å²) in [6, 6.07) is 4.88. The van der Waals surface area contributed by atoms with E-state index in [9.17, 15) is 9.00 Å². The Kier molecular flexibility index (Phi) is 5.21. The molecule has 0 radical (unpaired) electrons. The zero-order valence-electron chi connectivity index (χ0n) is 8.07. The van der Waals surface area contributed by atoms with E-state index in [0.717, 1.165) is 5.56 Å². The number of benzene rings is 1. The summed E-state index contributed by atoms with van der Waals surface area (Å²) >= 11 is 11.5. The number of nitrogens with one attached hydrogen (secondary N) is 1. The molecule has 16 heavy (non-hydrogen) atoms. The van der Waals surface area contributed by atoms with Crippen molar-refractivity contribution in [3.8, 4) is 0 Å². The largest absolute Gasteiger partial charge is 0.289 e. The molecule has 4 nitrogen and oxygen atoms in total. The number of carbonyl (C=O) groups excluding carboxylic acids is 1. The Morgan fingerprint density at radius 1 is 1.38 bits per heavy atom. The normalized spacial score (nSPS) is 12.2. The molecule has 1 aromatic carbocycles. The van der Waals surface area contributed by atoms with Crippen LogP contribution in [0.4, 0.5) is 0 Å². The molecule has 7 heteroatoms. The lowest BCUT2D eigenvalue weighted by Gasteiger charge is -2.03. The first-order valence-corrected chi connectivity index (χ1v) is 6.49. The number of hydrogen-bond donors (Lipinski definition) is 2. The third-order valence-corrected chi connectivity index (χ3v) is 3.71. The van der Waals surface area contributed by atoms with E-state index >= 15 is 0 Å². The van der Waals surface area contributed by atoms with Gasteiger partial charge in [0.15, 0.2) is 0 Å². The van der Waals surface area contributed by atoms with E-state index in [1.54, 1.807) is 18.2 Å². The summed E-state index contributed by atoms with van der Waals surface area (Å²) < 4.78 is 11.4. The van der Waals surface area contributed by atoms with Gasteiger partial charge in [-0.05, 0) is 17.7 Å². The predicted octanol–water partition coefficient (Wildman–Crippen LogP) is 1.75. The SMILES string of the molecule is O=C(CS(=O)Cc1ccc(Cl)c(Cl)c1)NO. The Bertz CT molecular complexity index is 425. The standard InChI is InChI=1S/C9H9Cl2NO3S/c10-7-2-1-6(3-8(7)11)4-16(15)5-9(13)12-14/h1-3,14H,4-5H2,(H,12,13). The smallest absolute Gasteiger partial charge is 0.255 e. The van der Waals surface area contributed by atoms with Crippen LogP contribution in [-0.2, 0) is 21.3 Å². The van der Waals surface area contributed by atoms with Crippen LogP contribution in [0.1, 0.15) is 5.56 Å². The number of hydrogen-bond acceptors (Lipinski definition) is 3. The number of rotatable bonds is 4. The summed E-state index contributed by atoms with van der Waals surface area (Å²) in [7, 11) is -1.39. The van der Waals surface area contributed by atoms with E-state index in [0.29, 0.717) is 10.0 Å². The summed E-state index contributed by atoms with van der Waals surface area (Å²) in [5, 5.41) is 9.06. The molecule has 0 fully saturated rings. The topological polar surface area (TPSA) is 66.4 Å². The lowest BCUT2D eigenvalue weighted by atomic mass is 10.2. The molecule has 1 aromatic rings. The van der Waals surface area contributed by atoms with E-state index < -0.39 is 16.7 Å². The molecule has 0 aliphatic rings. The van der Waals surface area contributed by atoms with Crippen LogP contribution in [0.2, 0.25) is 10.0 Å². The zero-order chi connectivity index (χ0) is 12.1. The van der Waals surface area contributed by atoms with E-state index in [1.807, 2.05) is 0 Å². The summed E-state index contributed by atoms with van der Waals surface area (Å²) in [6.07, 6.45) is 0. The molecule has 0 aromatic heterocycles. The Balaban J connectivity index is 2.63. The highest BCUT2D eigenvalue weighted by molar-refractivity contribution is 7.84. The van der Waals surface area contributed by atoms with Gasteiger partial charge in [-0.2, -0.15) is 0 Å². The molecule has 1 atom stereocenters. The minimum absolute atomic E-state index is 0.185. The first-order chi connectivity index (χ1) is 7.52. The van der Waals surface area contributed by atoms with Crippen molar-refractivity contribution in [2.45, 2.75) is 5.75 Å². The lowest BCUT2D eigenvalue weighted by Crippen LogP contribution is -2.25. The Labute approximate surface area is 105 Å². The quantitative estimate of drug-likeness (QED) is 0.653. The van der Waals surface area contributed by atoms with Gasteiger partial charge < -0.3 is 0 Å². The molecule has 1 unspecified atom stereocenters. The van der Waals surface area contributed by atoms with E-state index in [-0.39, 0.29) is 11.5 Å². The Morgan fingerprint density at radius 3 is 2.62 bits per heavy atom. The van der Waals surface area contributed by atoms with Gasteiger partial charge in [-0.1, -0.05) is 29.3 Å². The Hall–Kier alpha value is -0.620. The summed E-state index contributed by atoms with van der Waals surface area (Å²) in [5.41, 5.74) is 2.14. The van der Waals surface area contributed by atoms with Crippen molar-refractivity contribution in [2.75, 3.05) is 5.75 Å². The van der Waals surface area contributed by atoms with Gasteiger partial charge in [0.05, 0.1) is 10.0 Å². The second-order valence-electron chi connectivity index (χ2n) is 3.01. The highest BCUT2D eigenvalue weighted by Gasteiger charge is 2.08. The van der Waals surface area contributed by atoms with Crippen LogP contribution < -0.4 is 5.48 Å². The van der Waals surface area contributed by atoms with Crippen molar-refractivity contribution < 1.29 is 14.2 Å². The van der Waals surface area contributed by atoms with Gasteiger partial charge in [0.1, 0.15) is 5.75 Å². The van der Waals surface area contributed by atoms with Gasteiger partial charge in [-0.15, -0.1) is 0 Å². The minimum Gasteiger partial charge on any atom is -0.289 e. The number of halogens is 2. The number of carbonyl (C=O) groups is 1. The summed E-state index contributed by atoms with van der Waals surface area (Å²) in [4.78, 5) is 10.7.